The second-order valence-electron chi connectivity index (χ2n) is 4.18. The van der Waals surface area contributed by atoms with Crippen molar-refractivity contribution in [2.24, 2.45) is 0 Å². The fraction of sp³-hybridized carbons (Fsp3) is 0.462. The standard InChI is InChI=1S/C13H18BrNOS/c1-9-5-6-11(7-12(9)14)13(16)15(3)10(2)8-17-4/h5-7,10H,8H2,1-4H3. The van der Waals surface area contributed by atoms with Crippen molar-refractivity contribution in [2.45, 2.75) is 19.9 Å². The van der Waals surface area contributed by atoms with E-state index < -0.39 is 0 Å². The van der Waals surface area contributed by atoms with E-state index in [1.165, 1.54) is 0 Å². The van der Waals surface area contributed by atoms with Crippen LogP contribution >= 0.6 is 27.7 Å². The van der Waals surface area contributed by atoms with Crippen LogP contribution in [0.5, 0.6) is 0 Å². The topological polar surface area (TPSA) is 20.3 Å². The van der Waals surface area contributed by atoms with E-state index in [-0.39, 0.29) is 11.9 Å². The third-order valence-corrected chi connectivity index (χ3v) is 4.48. The molecule has 1 aromatic rings. The molecule has 0 aliphatic carbocycles. The molecule has 0 spiro atoms. The molecule has 0 saturated heterocycles. The molecule has 1 unspecified atom stereocenters. The Morgan fingerprint density at radius 2 is 2.18 bits per heavy atom. The summed E-state index contributed by atoms with van der Waals surface area (Å²) in [5, 5.41) is 0. The Hall–Kier alpha value is -0.480. The average Bonchev–Trinajstić information content (AvgIpc) is 2.31. The lowest BCUT2D eigenvalue weighted by atomic mass is 10.1. The largest absolute Gasteiger partial charge is 0.338 e. The van der Waals surface area contributed by atoms with Crippen LogP contribution in [-0.4, -0.2) is 35.9 Å². The van der Waals surface area contributed by atoms with Crippen molar-refractivity contribution in [2.75, 3.05) is 19.1 Å². The smallest absolute Gasteiger partial charge is 0.253 e. The maximum absolute atomic E-state index is 12.2. The summed E-state index contributed by atoms with van der Waals surface area (Å²) in [5.74, 6) is 1.03. The first-order valence-electron chi connectivity index (χ1n) is 5.49. The summed E-state index contributed by atoms with van der Waals surface area (Å²) in [6.07, 6.45) is 2.05. The van der Waals surface area contributed by atoms with E-state index in [0.717, 1.165) is 21.4 Å². The van der Waals surface area contributed by atoms with Crippen molar-refractivity contribution in [3.63, 3.8) is 0 Å². The highest BCUT2D eigenvalue weighted by Gasteiger charge is 2.17. The molecule has 0 aliphatic heterocycles. The van der Waals surface area contributed by atoms with Gasteiger partial charge in [-0.1, -0.05) is 22.0 Å². The van der Waals surface area contributed by atoms with Crippen molar-refractivity contribution in [3.05, 3.63) is 33.8 Å². The molecule has 0 bridgehead atoms. The SMILES string of the molecule is CSCC(C)N(C)C(=O)c1ccc(C)c(Br)c1. The van der Waals surface area contributed by atoms with Crippen LogP contribution in [0.1, 0.15) is 22.8 Å². The number of amides is 1. The number of rotatable bonds is 4. The average molecular weight is 316 g/mol. The van der Waals surface area contributed by atoms with Gasteiger partial charge in [-0.15, -0.1) is 0 Å². The van der Waals surface area contributed by atoms with Crippen LogP contribution < -0.4 is 0 Å². The van der Waals surface area contributed by atoms with Gasteiger partial charge in [0.2, 0.25) is 0 Å². The summed E-state index contributed by atoms with van der Waals surface area (Å²) in [6, 6.07) is 5.98. The van der Waals surface area contributed by atoms with E-state index in [4.69, 9.17) is 0 Å². The van der Waals surface area contributed by atoms with Gasteiger partial charge < -0.3 is 4.90 Å². The van der Waals surface area contributed by atoms with Gasteiger partial charge in [-0.3, -0.25) is 4.79 Å². The fourth-order valence-electron chi connectivity index (χ4n) is 1.48. The molecule has 1 amide bonds. The second kappa shape index (κ2) is 6.45. The van der Waals surface area contributed by atoms with E-state index in [9.17, 15) is 4.79 Å². The number of nitrogens with zero attached hydrogens (tertiary/aromatic N) is 1. The molecule has 0 aliphatic rings. The highest BCUT2D eigenvalue weighted by Crippen LogP contribution is 2.19. The number of halogens is 1. The van der Waals surface area contributed by atoms with Crippen molar-refractivity contribution < 1.29 is 4.79 Å². The molecule has 1 atom stereocenters. The van der Waals surface area contributed by atoms with Crippen molar-refractivity contribution in [1.82, 2.24) is 4.90 Å². The zero-order valence-electron chi connectivity index (χ0n) is 10.7. The Morgan fingerprint density at radius 1 is 1.53 bits per heavy atom. The van der Waals surface area contributed by atoms with Gasteiger partial charge in [0, 0.05) is 28.9 Å². The molecule has 17 heavy (non-hydrogen) atoms. The maximum Gasteiger partial charge on any atom is 0.253 e. The number of carbonyl (C=O) groups excluding carboxylic acids is 1. The van der Waals surface area contributed by atoms with Gasteiger partial charge in [0.1, 0.15) is 0 Å². The molecule has 94 valence electrons. The summed E-state index contributed by atoms with van der Waals surface area (Å²) >= 11 is 5.21. The number of aryl methyl sites for hydroxylation is 1. The van der Waals surface area contributed by atoms with Gasteiger partial charge in [-0.2, -0.15) is 11.8 Å². The molecule has 1 rings (SSSR count). The highest BCUT2D eigenvalue weighted by atomic mass is 79.9. The second-order valence-corrected chi connectivity index (χ2v) is 5.95. The molecule has 1 aromatic carbocycles. The first kappa shape index (κ1) is 14.6. The van der Waals surface area contributed by atoms with Crippen molar-refractivity contribution >= 4 is 33.6 Å². The molecule has 0 N–H and O–H groups in total. The van der Waals surface area contributed by atoms with Crippen LogP contribution in [0.3, 0.4) is 0 Å². The third kappa shape index (κ3) is 3.75. The van der Waals surface area contributed by atoms with E-state index in [1.54, 1.807) is 16.7 Å². The minimum atomic E-state index is 0.0762. The molecular formula is C13H18BrNOS. The fourth-order valence-corrected chi connectivity index (χ4v) is 2.57. The van der Waals surface area contributed by atoms with Crippen LogP contribution in [0.25, 0.3) is 0 Å². The van der Waals surface area contributed by atoms with Crippen LogP contribution in [0.4, 0.5) is 0 Å². The maximum atomic E-state index is 12.2. The number of hydrogen-bond donors (Lipinski definition) is 0. The predicted molar refractivity (Wildman–Crippen MR) is 78.8 cm³/mol. The number of hydrogen-bond acceptors (Lipinski definition) is 2. The van der Waals surface area contributed by atoms with Crippen LogP contribution in [0.15, 0.2) is 22.7 Å². The van der Waals surface area contributed by atoms with Crippen molar-refractivity contribution in [3.8, 4) is 0 Å². The Balaban J connectivity index is 2.85. The molecule has 0 heterocycles. The van der Waals surface area contributed by atoms with Gasteiger partial charge in [0.25, 0.3) is 5.91 Å². The third-order valence-electron chi connectivity index (χ3n) is 2.81. The molecule has 0 aromatic heterocycles. The number of thioether (sulfide) groups is 1. The van der Waals surface area contributed by atoms with Crippen LogP contribution in [0.2, 0.25) is 0 Å². The van der Waals surface area contributed by atoms with Gasteiger partial charge in [-0.25, -0.2) is 0 Å². The normalized spacial score (nSPS) is 12.3. The summed E-state index contributed by atoms with van der Waals surface area (Å²) in [4.78, 5) is 14.0. The Labute approximate surface area is 116 Å². The quantitative estimate of drug-likeness (QED) is 0.846. The molecule has 0 fully saturated rings. The summed E-state index contributed by atoms with van der Waals surface area (Å²) in [7, 11) is 1.86. The Kier molecular flexibility index (Phi) is 5.53. The summed E-state index contributed by atoms with van der Waals surface area (Å²) < 4.78 is 0.981. The minimum Gasteiger partial charge on any atom is -0.338 e. The zero-order chi connectivity index (χ0) is 13.0. The van der Waals surface area contributed by atoms with Crippen LogP contribution in [-0.2, 0) is 0 Å². The van der Waals surface area contributed by atoms with E-state index in [0.29, 0.717) is 0 Å². The predicted octanol–water partition coefficient (Wildman–Crippen LogP) is 3.58. The van der Waals surface area contributed by atoms with Crippen LogP contribution in [0, 0.1) is 6.92 Å². The lowest BCUT2D eigenvalue weighted by molar-refractivity contribution is 0.0757. The summed E-state index contributed by atoms with van der Waals surface area (Å²) in [5.41, 5.74) is 1.87. The van der Waals surface area contributed by atoms with Gasteiger partial charge in [0.15, 0.2) is 0 Å². The van der Waals surface area contributed by atoms with E-state index in [1.807, 2.05) is 32.2 Å². The van der Waals surface area contributed by atoms with E-state index in [2.05, 4.69) is 29.1 Å². The van der Waals surface area contributed by atoms with Gasteiger partial charge in [0.05, 0.1) is 0 Å². The molecule has 2 nitrogen and oxygen atoms in total. The van der Waals surface area contributed by atoms with Gasteiger partial charge in [-0.05, 0) is 37.8 Å². The van der Waals surface area contributed by atoms with Crippen molar-refractivity contribution in [1.29, 1.82) is 0 Å². The highest BCUT2D eigenvalue weighted by molar-refractivity contribution is 9.10. The molecule has 4 heteroatoms. The first-order chi connectivity index (χ1) is 7.97. The lowest BCUT2D eigenvalue weighted by Gasteiger charge is -2.24. The molecular weight excluding hydrogens is 298 g/mol. The monoisotopic (exact) mass is 315 g/mol. The lowest BCUT2D eigenvalue weighted by Crippen LogP contribution is -2.36. The van der Waals surface area contributed by atoms with Gasteiger partial charge >= 0.3 is 0 Å². The molecule has 0 radical (unpaired) electrons. The Morgan fingerprint density at radius 3 is 2.71 bits per heavy atom. The number of benzene rings is 1. The zero-order valence-corrected chi connectivity index (χ0v) is 13.1. The molecule has 0 saturated carbocycles. The number of carbonyl (C=O) groups is 1. The minimum absolute atomic E-state index is 0.0762. The Bertz CT molecular complexity index is 408. The first-order valence-corrected chi connectivity index (χ1v) is 7.68. The van der Waals surface area contributed by atoms with E-state index >= 15 is 0 Å². The summed E-state index contributed by atoms with van der Waals surface area (Å²) in [6.45, 7) is 4.08.